The Morgan fingerprint density at radius 2 is 1.94 bits per heavy atom. The lowest BCUT2D eigenvalue weighted by Gasteiger charge is -2.40. The minimum Gasteiger partial charge on any atom is -0.383 e. The number of ether oxygens (including phenoxy) is 1. The molecule has 168 valence electrons. The van der Waals surface area contributed by atoms with Crippen molar-refractivity contribution >= 4 is 5.82 Å². The Morgan fingerprint density at radius 3 is 2.55 bits per heavy atom. The molecule has 3 fully saturated rings. The topological polar surface area (TPSA) is 69.2 Å². The van der Waals surface area contributed by atoms with Crippen LogP contribution >= 0.6 is 0 Å². The zero-order chi connectivity index (χ0) is 22.1. The number of hydrogen-bond acceptors (Lipinski definition) is 5. The lowest BCUT2D eigenvalue weighted by atomic mass is 9.91. The standard InChI is InChI=1S/C22H28F3N5O/c1-12(2)30-18(19-14-8-21(9-15(14)19)11-29(3)4-5-31-21)7-17(28-30)13-6-16(22(23,24)25)20(26)27-10-13/h6-7,10,12,14-15,19H,4-5,8-9,11H2,1-3H3,(H2,26,27)/t14-,15+,19-,21?. The van der Waals surface area contributed by atoms with E-state index >= 15 is 0 Å². The molecule has 2 aromatic rings. The fourth-order valence-corrected chi connectivity index (χ4v) is 5.72. The summed E-state index contributed by atoms with van der Waals surface area (Å²) in [5.41, 5.74) is 6.45. The number of pyridine rings is 1. The van der Waals surface area contributed by atoms with Crippen molar-refractivity contribution in [3.05, 3.63) is 29.6 Å². The Kier molecular flexibility index (Phi) is 4.64. The van der Waals surface area contributed by atoms with Gasteiger partial charge in [0.2, 0.25) is 0 Å². The Bertz CT molecular complexity index is 990. The number of nitrogen functional groups attached to an aromatic ring is 1. The summed E-state index contributed by atoms with van der Waals surface area (Å²) in [6.45, 7) is 6.81. The van der Waals surface area contributed by atoms with Gasteiger partial charge in [0.05, 0.1) is 23.5 Å². The second kappa shape index (κ2) is 6.93. The van der Waals surface area contributed by atoms with Crippen molar-refractivity contribution in [1.29, 1.82) is 0 Å². The second-order valence-corrected chi connectivity index (χ2v) is 9.68. The third-order valence-corrected chi connectivity index (χ3v) is 7.10. The number of nitrogens with two attached hydrogens (primary N) is 1. The third-order valence-electron chi connectivity index (χ3n) is 7.10. The van der Waals surface area contributed by atoms with Crippen LogP contribution < -0.4 is 5.73 Å². The highest BCUT2D eigenvalue weighted by Crippen LogP contribution is 2.67. The second-order valence-electron chi connectivity index (χ2n) is 9.68. The Labute approximate surface area is 179 Å². The molecule has 1 unspecified atom stereocenters. The van der Waals surface area contributed by atoms with Crippen molar-refractivity contribution in [2.45, 2.75) is 50.4 Å². The van der Waals surface area contributed by atoms with E-state index in [0.717, 1.165) is 44.3 Å². The molecule has 3 aliphatic rings. The lowest BCUT2D eigenvalue weighted by molar-refractivity contribution is -0.137. The monoisotopic (exact) mass is 435 g/mol. The molecular weight excluding hydrogens is 407 g/mol. The molecule has 1 spiro atoms. The molecule has 2 aliphatic carbocycles. The van der Waals surface area contributed by atoms with E-state index in [2.05, 4.69) is 22.0 Å². The highest BCUT2D eigenvalue weighted by atomic mass is 19.4. The van der Waals surface area contributed by atoms with Crippen molar-refractivity contribution in [3.8, 4) is 11.3 Å². The van der Waals surface area contributed by atoms with E-state index < -0.39 is 17.6 Å². The number of halogens is 3. The lowest BCUT2D eigenvalue weighted by Crippen LogP contribution is -2.49. The van der Waals surface area contributed by atoms with Crippen LogP contribution in [0.1, 0.15) is 49.9 Å². The van der Waals surface area contributed by atoms with Crippen LogP contribution in [0, 0.1) is 11.8 Å². The first-order valence-corrected chi connectivity index (χ1v) is 10.8. The SMILES string of the molecule is CC(C)n1nc(-c2cnc(N)c(C(F)(F)F)c2)cc1[C@@H]1[C@@H]2CC3(C[C@@H]21)CN(C)CCO3. The van der Waals surface area contributed by atoms with Gasteiger partial charge in [0.25, 0.3) is 0 Å². The fraction of sp³-hybridized carbons (Fsp3) is 0.636. The minimum atomic E-state index is -4.55. The molecule has 1 saturated heterocycles. The summed E-state index contributed by atoms with van der Waals surface area (Å²) in [4.78, 5) is 6.11. The average molecular weight is 435 g/mol. The van der Waals surface area contributed by atoms with E-state index in [9.17, 15) is 13.2 Å². The summed E-state index contributed by atoms with van der Waals surface area (Å²) >= 11 is 0. The van der Waals surface area contributed by atoms with E-state index in [4.69, 9.17) is 10.5 Å². The number of aromatic nitrogens is 3. The van der Waals surface area contributed by atoms with Gasteiger partial charge in [-0.25, -0.2) is 4.98 Å². The van der Waals surface area contributed by atoms with Crippen LogP contribution in [0.5, 0.6) is 0 Å². The van der Waals surface area contributed by atoms with Crippen molar-refractivity contribution in [1.82, 2.24) is 19.7 Å². The van der Waals surface area contributed by atoms with Crippen LogP contribution in [0.25, 0.3) is 11.3 Å². The van der Waals surface area contributed by atoms with Crippen molar-refractivity contribution in [3.63, 3.8) is 0 Å². The maximum Gasteiger partial charge on any atom is 0.419 e. The van der Waals surface area contributed by atoms with Gasteiger partial charge in [-0.05, 0) is 57.7 Å². The molecule has 0 amide bonds. The van der Waals surface area contributed by atoms with Crippen molar-refractivity contribution in [2.75, 3.05) is 32.5 Å². The first-order chi connectivity index (χ1) is 14.6. The Morgan fingerprint density at radius 1 is 1.23 bits per heavy atom. The van der Waals surface area contributed by atoms with Gasteiger partial charge in [-0.1, -0.05) is 0 Å². The molecular formula is C22H28F3N5O. The third kappa shape index (κ3) is 3.51. The molecule has 0 bridgehead atoms. The van der Waals surface area contributed by atoms with Crippen molar-refractivity contribution in [2.24, 2.45) is 11.8 Å². The first-order valence-electron chi connectivity index (χ1n) is 10.8. The molecule has 5 rings (SSSR count). The van der Waals surface area contributed by atoms with Gasteiger partial charge in [-0.15, -0.1) is 0 Å². The summed E-state index contributed by atoms with van der Waals surface area (Å²) in [5.74, 6) is 0.959. The van der Waals surface area contributed by atoms with E-state index in [0.29, 0.717) is 29.0 Å². The van der Waals surface area contributed by atoms with Gasteiger partial charge in [-0.2, -0.15) is 18.3 Å². The number of morpholine rings is 1. The largest absolute Gasteiger partial charge is 0.419 e. The van der Waals surface area contributed by atoms with Crippen LogP contribution in [0.2, 0.25) is 0 Å². The van der Waals surface area contributed by atoms with E-state index in [-0.39, 0.29) is 11.6 Å². The van der Waals surface area contributed by atoms with Crippen molar-refractivity contribution < 1.29 is 17.9 Å². The maximum atomic E-state index is 13.3. The van der Waals surface area contributed by atoms with Gasteiger partial charge in [-0.3, -0.25) is 4.68 Å². The zero-order valence-corrected chi connectivity index (χ0v) is 18.0. The normalized spacial score (nSPS) is 30.9. The van der Waals surface area contributed by atoms with Gasteiger partial charge in [0, 0.05) is 42.5 Å². The molecule has 6 nitrogen and oxygen atoms in total. The highest BCUT2D eigenvalue weighted by molar-refractivity contribution is 5.63. The summed E-state index contributed by atoms with van der Waals surface area (Å²) in [7, 11) is 2.14. The van der Waals surface area contributed by atoms with Crippen LogP contribution in [-0.4, -0.2) is 52.0 Å². The molecule has 0 radical (unpaired) electrons. The number of hydrogen-bond donors (Lipinski definition) is 1. The van der Waals surface area contributed by atoms with E-state index in [1.807, 2.05) is 24.6 Å². The predicted molar refractivity (Wildman–Crippen MR) is 110 cm³/mol. The van der Waals surface area contributed by atoms with E-state index in [1.165, 1.54) is 6.20 Å². The smallest absolute Gasteiger partial charge is 0.383 e. The fourth-order valence-electron chi connectivity index (χ4n) is 5.72. The number of likely N-dealkylation sites (N-methyl/N-ethyl adjacent to an activating group) is 1. The quantitative estimate of drug-likeness (QED) is 0.791. The Hall–Kier alpha value is -2.13. The molecule has 1 aliphatic heterocycles. The van der Waals surface area contributed by atoms with Gasteiger partial charge < -0.3 is 15.4 Å². The zero-order valence-electron chi connectivity index (χ0n) is 18.0. The molecule has 3 heterocycles. The van der Waals surface area contributed by atoms with Crippen LogP contribution in [0.15, 0.2) is 18.3 Å². The predicted octanol–water partition coefficient (Wildman–Crippen LogP) is 3.95. The molecule has 4 atom stereocenters. The molecule has 0 aromatic carbocycles. The van der Waals surface area contributed by atoms with Crippen LogP contribution in [0.3, 0.4) is 0 Å². The summed E-state index contributed by atoms with van der Waals surface area (Å²) in [6, 6.07) is 3.10. The van der Waals surface area contributed by atoms with Crippen LogP contribution in [0.4, 0.5) is 19.0 Å². The van der Waals surface area contributed by atoms with Crippen LogP contribution in [-0.2, 0) is 10.9 Å². The number of nitrogens with zero attached hydrogens (tertiary/aromatic N) is 4. The molecule has 2 saturated carbocycles. The summed E-state index contributed by atoms with van der Waals surface area (Å²) in [6.07, 6.45) is -1.11. The van der Waals surface area contributed by atoms with Gasteiger partial charge in [0.15, 0.2) is 0 Å². The van der Waals surface area contributed by atoms with Gasteiger partial charge >= 0.3 is 6.18 Å². The molecule has 2 N–H and O–H groups in total. The Balaban J connectivity index is 1.43. The number of anilines is 1. The number of fused-ring (bicyclic) bond motifs is 1. The average Bonchev–Trinajstić information content (AvgIpc) is 3.03. The highest BCUT2D eigenvalue weighted by Gasteiger charge is 2.63. The number of alkyl halides is 3. The molecule has 2 aromatic heterocycles. The summed E-state index contributed by atoms with van der Waals surface area (Å²) < 4.78 is 48.0. The van der Waals surface area contributed by atoms with E-state index in [1.54, 1.807) is 0 Å². The maximum absolute atomic E-state index is 13.3. The minimum absolute atomic E-state index is 0.0349. The number of rotatable bonds is 3. The molecule has 31 heavy (non-hydrogen) atoms. The first kappa shape index (κ1) is 20.8. The summed E-state index contributed by atoms with van der Waals surface area (Å²) in [5, 5.41) is 4.67. The van der Waals surface area contributed by atoms with Gasteiger partial charge in [0.1, 0.15) is 5.82 Å². The molecule has 9 heteroatoms.